The van der Waals surface area contributed by atoms with Gasteiger partial charge < -0.3 is 10.1 Å². The average Bonchev–Trinajstić information content (AvgIpc) is 2.68. The second-order valence-electron chi connectivity index (χ2n) is 5.28. The van der Waals surface area contributed by atoms with E-state index in [0.717, 1.165) is 15.4 Å². The molecule has 0 bridgehead atoms. The summed E-state index contributed by atoms with van der Waals surface area (Å²) in [5.41, 5.74) is 1.32. The van der Waals surface area contributed by atoms with E-state index in [2.05, 4.69) is 15.3 Å². The van der Waals surface area contributed by atoms with Crippen LogP contribution in [0.15, 0.2) is 71.0 Å². The van der Waals surface area contributed by atoms with Gasteiger partial charge in [0.15, 0.2) is 0 Å². The minimum Gasteiger partial charge on any atom is -0.495 e. The first kappa shape index (κ1) is 17.7. The third-order valence-electron chi connectivity index (χ3n) is 3.56. The van der Waals surface area contributed by atoms with Gasteiger partial charge in [-0.1, -0.05) is 17.8 Å². The van der Waals surface area contributed by atoms with Crippen molar-refractivity contribution in [1.29, 1.82) is 0 Å². The Kier molecular flexibility index (Phi) is 5.65. The summed E-state index contributed by atoms with van der Waals surface area (Å²) in [6.07, 6.45) is 6.79. The highest BCUT2D eigenvalue weighted by Gasteiger charge is 2.19. The zero-order valence-electron chi connectivity index (χ0n) is 14.0. The molecule has 2 heterocycles. The van der Waals surface area contributed by atoms with Crippen molar-refractivity contribution in [2.45, 2.75) is 16.3 Å². The van der Waals surface area contributed by atoms with Gasteiger partial charge in [-0.05, 0) is 29.8 Å². The molecular formula is C18H16N4O3S. The van der Waals surface area contributed by atoms with Crippen LogP contribution in [-0.2, 0) is 6.54 Å². The maximum Gasteiger partial charge on any atom is 0.296 e. The van der Waals surface area contributed by atoms with Gasteiger partial charge in [0.25, 0.3) is 5.69 Å². The molecule has 0 fully saturated rings. The minimum absolute atomic E-state index is 0.0372. The Hall–Kier alpha value is -3.13. The fraction of sp³-hybridized carbons (Fsp3) is 0.111. The van der Waals surface area contributed by atoms with E-state index in [0.29, 0.717) is 18.0 Å². The summed E-state index contributed by atoms with van der Waals surface area (Å²) in [5, 5.41) is 14.6. The van der Waals surface area contributed by atoms with Crippen molar-refractivity contribution >= 4 is 23.1 Å². The standard InChI is InChI=1S/C18H16N4O3S/c1-25-17-10-16(22(23)24)15(21-12-13-3-2-6-20-11-13)9-18(17)26-14-4-7-19-8-5-14/h2-11,21H,12H2,1H3. The van der Waals surface area contributed by atoms with Crippen LogP contribution < -0.4 is 10.1 Å². The monoisotopic (exact) mass is 368 g/mol. The van der Waals surface area contributed by atoms with E-state index in [1.807, 2.05) is 24.3 Å². The number of nitro benzene ring substituents is 1. The molecule has 0 spiro atoms. The number of nitrogens with zero attached hydrogens (tertiary/aromatic N) is 3. The highest BCUT2D eigenvalue weighted by Crippen LogP contribution is 2.41. The topological polar surface area (TPSA) is 90.2 Å². The number of ether oxygens (including phenoxy) is 1. The lowest BCUT2D eigenvalue weighted by molar-refractivity contribution is -0.384. The molecule has 8 heteroatoms. The predicted octanol–water partition coefficient (Wildman–Crippen LogP) is 4.16. The molecule has 1 N–H and O–H groups in total. The molecule has 0 amide bonds. The van der Waals surface area contributed by atoms with E-state index in [1.165, 1.54) is 24.9 Å². The lowest BCUT2D eigenvalue weighted by Gasteiger charge is -2.13. The van der Waals surface area contributed by atoms with Gasteiger partial charge in [0.2, 0.25) is 0 Å². The minimum atomic E-state index is -0.422. The highest BCUT2D eigenvalue weighted by atomic mass is 32.2. The van der Waals surface area contributed by atoms with E-state index < -0.39 is 4.92 Å². The number of hydrogen-bond acceptors (Lipinski definition) is 7. The molecule has 1 aromatic carbocycles. The summed E-state index contributed by atoms with van der Waals surface area (Å²) in [6, 6.07) is 10.6. The normalized spacial score (nSPS) is 10.3. The quantitative estimate of drug-likeness (QED) is 0.495. The number of aromatic nitrogens is 2. The molecule has 0 saturated heterocycles. The number of nitro groups is 1. The first-order chi connectivity index (χ1) is 12.7. The van der Waals surface area contributed by atoms with Crippen LogP contribution in [0.3, 0.4) is 0 Å². The van der Waals surface area contributed by atoms with Crippen molar-refractivity contribution in [2.75, 3.05) is 12.4 Å². The van der Waals surface area contributed by atoms with Gasteiger partial charge >= 0.3 is 0 Å². The molecule has 0 aliphatic rings. The fourth-order valence-corrected chi connectivity index (χ4v) is 3.25. The summed E-state index contributed by atoms with van der Waals surface area (Å²) in [6.45, 7) is 0.431. The second-order valence-corrected chi connectivity index (χ2v) is 6.39. The van der Waals surface area contributed by atoms with Crippen LogP contribution in [0, 0.1) is 10.1 Å². The first-order valence-corrected chi connectivity index (χ1v) is 8.56. The van der Waals surface area contributed by atoms with Crippen LogP contribution in [0.1, 0.15) is 5.56 Å². The molecule has 132 valence electrons. The van der Waals surface area contributed by atoms with E-state index in [9.17, 15) is 10.1 Å². The summed E-state index contributed by atoms with van der Waals surface area (Å²) in [7, 11) is 1.50. The summed E-state index contributed by atoms with van der Waals surface area (Å²) < 4.78 is 5.35. The van der Waals surface area contributed by atoms with Gasteiger partial charge in [-0.2, -0.15) is 0 Å². The fourth-order valence-electron chi connectivity index (χ4n) is 2.31. The smallest absolute Gasteiger partial charge is 0.296 e. The summed E-state index contributed by atoms with van der Waals surface area (Å²) in [5.74, 6) is 0.449. The Bertz CT molecular complexity index is 892. The van der Waals surface area contributed by atoms with Gasteiger partial charge in [-0.15, -0.1) is 0 Å². The zero-order valence-corrected chi connectivity index (χ0v) is 14.8. The van der Waals surface area contributed by atoms with Crippen LogP contribution in [0.25, 0.3) is 0 Å². The van der Waals surface area contributed by atoms with E-state index in [4.69, 9.17) is 4.74 Å². The maximum atomic E-state index is 11.5. The van der Waals surface area contributed by atoms with E-state index in [-0.39, 0.29) is 5.69 Å². The maximum absolute atomic E-state index is 11.5. The Labute approximate surface area is 154 Å². The highest BCUT2D eigenvalue weighted by molar-refractivity contribution is 7.99. The third-order valence-corrected chi connectivity index (χ3v) is 4.61. The van der Waals surface area contributed by atoms with Crippen molar-refractivity contribution in [2.24, 2.45) is 0 Å². The molecule has 0 aliphatic carbocycles. The van der Waals surface area contributed by atoms with Crippen LogP contribution in [-0.4, -0.2) is 22.0 Å². The van der Waals surface area contributed by atoms with Crippen molar-refractivity contribution in [3.05, 3.63) is 76.9 Å². The van der Waals surface area contributed by atoms with Crippen LogP contribution >= 0.6 is 11.8 Å². The van der Waals surface area contributed by atoms with Crippen molar-refractivity contribution < 1.29 is 9.66 Å². The van der Waals surface area contributed by atoms with Crippen LogP contribution in [0.2, 0.25) is 0 Å². The Morgan fingerprint density at radius 2 is 2.00 bits per heavy atom. The SMILES string of the molecule is COc1cc([N+](=O)[O-])c(NCc2cccnc2)cc1Sc1ccncc1. The summed E-state index contributed by atoms with van der Waals surface area (Å²) in [4.78, 5) is 20.8. The molecule has 0 atom stereocenters. The molecule has 0 aliphatic heterocycles. The number of hydrogen-bond donors (Lipinski definition) is 1. The molecule has 7 nitrogen and oxygen atoms in total. The second kappa shape index (κ2) is 8.30. The molecule has 26 heavy (non-hydrogen) atoms. The number of benzene rings is 1. The van der Waals surface area contributed by atoms with Gasteiger partial charge in [-0.25, -0.2) is 0 Å². The molecule has 3 rings (SSSR count). The van der Waals surface area contributed by atoms with Gasteiger partial charge in [0.1, 0.15) is 11.4 Å². The van der Waals surface area contributed by atoms with Crippen molar-refractivity contribution in [1.82, 2.24) is 9.97 Å². The number of pyridine rings is 2. The molecular weight excluding hydrogens is 352 g/mol. The zero-order chi connectivity index (χ0) is 18.4. The van der Waals surface area contributed by atoms with E-state index in [1.54, 1.807) is 30.9 Å². The van der Waals surface area contributed by atoms with E-state index >= 15 is 0 Å². The Balaban J connectivity index is 1.92. The predicted molar refractivity (Wildman–Crippen MR) is 99.6 cm³/mol. The molecule has 0 saturated carbocycles. The number of anilines is 1. The first-order valence-electron chi connectivity index (χ1n) is 7.74. The number of methoxy groups -OCH3 is 1. The largest absolute Gasteiger partial charge is 0.495 e. The molecule has 0 radical (unpaired) electrons. The Morgan fingerprint density at radius 3 is 2.65 bits per heavy atom. The number of rotatable bonds is 7. The average molecular weight is 368 g/mol. The molecule has 2 aromatic heterocycles. The van der Waals surface area contributed by atoms with Crippen LogP contribution in [0.5, 0.6) is 5.75 Å². The third kappa shape index (κ3) is 4.28. The van der Waals surface area contributed by atoms with Gasteiger partial charge in [0.05, 0.1) is 23.0 Å². The summed E-state index contributed by atoms with van der Waals surface area (Å²) >= 11 is 1.46. The molecule has 0 unspecified atom stereocenters. The van der Waals surface area contributed by atoms with Gasteiger partial charge in [0, 0.05) is 36.2 Å². The lowest BCUT2D eigenvalue weighted by Crippen LogP contribution is -2.04. The Morgan fingerprint density at radius 1 is 1.19 bits per heavy atom. The van der Waals surface area contributed by atoms with Gasteiger partial charge in [-0.3, -0.25) is 20.1 Å². The van der Waals surface area contributed by atoms with Crippen molar-refractivity contribution in [3.63, 3.8) is 0 Å². The van der Waals surface area contributed by atoms with Crippen molar-refractivity contribution in [3.8, 4) is 5.75 Å². The molecule has 3 aromatic rings. The lowest BCUT2D eigenvalue weighted by atomic mass is 10.2. The van der Waals surface area contributed by atoms with Crippen LogP contribution in [0.4, 0.5) is 11.4 Å². The number of nitrogens with one attached hydrogen (secondary N) is 1.